The van der Waals surface area contributed by atoms with Crippen LogP contribution in [0.3, 0.4) is 0 Å². The molecule has 0 aliphatic carbocycles. The van der Waals surface area contributed by atoms with Gasteiger partial charge in [0, 0.05) is 37.3 Å². The van der Waals surface area contributed by atoms with Crippen LogP contribution in [0.25, 0.3) is 11.4 Å². The standard InChI is InChI=1S/C37H49N9O6/c1-24(2)19-29-37(51)40-25(3)35-42-34(27-11-6-5-7-12-27)43-46(35)22-31(47)38-15-10-16-45(21-32(48)39-26(4)36(50)41-29)33(49)23-44-17-18-52-30-14-9-8-13-28(30)20-44/h5-9,11-14,24-26,29H,10,15-23H2,1-4H3,(H,38,47)(H,39,48)(H,40,51)(H,41,50)/t25-,26+,29+/m0/s1. The minimum atomic E-state index is -0.985. The molecule has 3 aromatic rings. The third-order valence-corrected chi connectivity index (χ3v) is 8.89. The first-order valence-electron chi connectivity index (χ1n) is 17.8. The highest BCUT2D eigenvalue weighted by atomic mass is 16.5. The van der Waals surface area contributed by atoms with E-state index in [0.29, 0.717) is 44.2 Å². The number of ether oxygens (including phenoxy) is 1. The Morgan fingerprint density at radius 1 is 0.865 bits per heavy atom. The molecular formula is C37H49N9O6. The number of hydrogen-bond acceptors (Lipinski definition) is 9. The maximum atomic E-state index is 13.7. The van der Waals surface area contributed by atoms with Crippen molar-refractivity contribution in [2.45, 2.75) is 71.8 Å². The van der Waals surface area contributed by atoms with Crippen LogP contribution >= 0.6 is 0 Å². The maximum absolute atomic E-state index is 13.7. The second-order valence-electron chi connectivity index (χ2n) is 13.7. The van der Waals surface area contributed by atoms with E-state index in [1.807, 2.05) is 73.3 Å². The van der Waals surface area contributed by atoms with Crippen molar-refractivity contribution in [3.8, 4) is 17.1 Å². The fourth-order valence-electron chi connectivity index (χ4n) is 6.19. The topological polar surface area (TPSA) is 180 Å². The lowest BCUT2D eigenvalue weighted by Gasteiger charge is -2.27. The van der Waals surface area contributed by atoms with Gasteiger partial charge in [-0.25, -0.2) is 9.67 Å². The molecule has 0 unspecified atom stereocenters. The van der Waals surface area contributed by atoms with Gasteiger partial charge in [0.25, 0.3) is 0 Å². The first-order valence-corrected chi connectivity index (χ1v) is 17.8. The number of nitrogens with zero attached hydrogens (tertiary/aromatic N) is 5. The van der Waals surface area contributed by atoms with Gasteiger partial charge in [-0.3, -0.25) is 28.9 Å². The first-order chi connectivity index (χ1) is 25.0. The highest BCUT2D eigenvalue weighted by Crippen LogP contribution is 2.23. The zero-order valence-corrected chi connectivity index (χ0v) is 30.3. The van der Waals surface area contributed by atoms with E-state index in [2.05, 4.69) is 26.4 Å². The van der Waals surface area contributed by atoms with Crippen LogP contribution in [-0.2, 0) is 37.1 Å². The Labute approximate surface area is 303 Å². The van der Waals surface area contributed by atoms with Crippen LogP contribution in [-0.4, -0.2) is 106 Å². The highest BCUT2D eigenvalue weighted by Gasteiger charge is 2.29. The number of carbonyl (C=O) groups excluding carboxylic acids is 5. The predicted octanol–water partition coefficient (Wildman–Crippen LogP) is 1.40. The lowest BCUT2D eigenvalue weighted by atomic mass is 10.0. The first kappa shape index (κ1) is 37.9. The van der Waals surface area contributed by atoms with Crippen molar-refractivity contribution < 1.29 is 28.7 Å². The van der Waals surface area contributed by atoms with Crippen LogP contribution in [0.2, 0.25) is 0 Å². The summed E-state index contributed by atoms with van der Waals surface area (Å²) in [5.41, 5.74) is 1.72. The smallest absolute Gasteiger partial charge is 0.243 e. The van der Waals surface area contributed by atoms with Gasteiger partial charge in [0.1, 0.15) is 36.8 Å². The minimum Gasteiger partial charge on any atom is -0.492 e. The van der Waals surface area contributed by atoms with E-state index in [0.717, 1.165) is 16.9 Å². The lowest BCUT2D eigenvalue weighted by Crippen LogP contribution is -2.54. The summed E-state index contributed by atoms with van der Waals surface area (Å²) in [5, 5.41) is 15.9. The maximum Gasteiger partial charge on any atom is 0.243 e. The molecule has 0 fully saturated rings. The molecule has 5 rings (SSSR count). The molecule has 2 aliphatic rings. The molecule has 0 saturated heterocycles. The van der Waals surface area contributed by atoms with Crippen molar-refractivity contribution in [3.05, 3.63) is 66.0 Å². The minimum absolute atomic E-state index is 0.0520. The van der Waals surface area contributed by atoms with Gasteiger partial charge in [-0.15, -0.1) is 0 Å². The summed E-state index contributed by atoms with van der Waals surface area (Å²) in [6.45, 7) is 8.61. The van der Waals surface area contributed by atoms with Crippen LogP contribution in [0.4, 0.5) is 0 Å². The third kappa shape index (κ3) is 10.4. The summed E-state index contributed by atoms with van der Waals surface area (Å²) in [7, 11) is 0. The average Bonchev–Trinajstić information content (AvgIpc) is 3.42. The molecule has 4 N–H and O–H groups in total. The van der Waals surface area contributed by atoms with Gasteiger partial charge in [-0.1, -0.05) is 62.4 Å². The second kappa shape index (κ2) is 17.8. The number of aromatic nitrogens is 3. The summed E-state index contributed by atoms with van der Waals surface area (Å²) >= 11 is 0. The van der Waals surface area contributed by atoms with E-state index < -0.39 is 35.8 Å². The Morgan fingerprint density at radius 2 is 1.62 bits per heavy atom. The predicted molar refractivity (Wildman–Crippen MR) is 192 cm³/mol. The van der Waals surface area contributed by atoms with E-state index in [4.69, 9.17) is 9.72 Å². The van der Waals surface area contributed by atoms with E-state index in [1.165, 1.54) is 16.5 Å². The van der Waals surface area contributed by atoms with Gasteiger partial charge in [0.05, 0.1) is 19.1 Å². The molecule has 3 heterocycles. The number of hydrogen-bond donors (Lipinski definition) is 4. The molecule has 2 aromatic carbocycles. The van der Waals surface area contributed by atoms with Crippen molar-refractivity contribution in [2.75, 3.05) is 39.3 Å². The van der Waals surface area contributed by atoms with Gasteiger partial charge >= 0.3 is 0 Å². The zero-order chi connectivity index (χ0) is 37.2. The number of benzene rings is 2. The average molecular weight is 716 g/mol. The Hall–Kier alpha value is -5.31. The summed E-state index contributed by atoms with van der Waals surface area (Å²) in [5.74, 6) is -0.498. The van der Waals surface area contributed by atoms with Gasteiger partial charge in [0.15, 0.2) is 5.82 Å². The van der Waals surface area contributed by atoms with Gasteiger partial charge in [0.2, 0.25) is 29.5 Å². The summed E-state index contributed by atoms with van der Waals surface area (Å²) in [6.07, 6.45) is 0.708. The summed E-state index contributed by atoms with van der Waals surface area (Å²) < 4.78 is 7.32. The molecule has 52 heavy (non-hydrogen) atoms. The SMILES string of the molecule is CC(C)C[C@H]1NC(=O)[C@@H](C)NC(=O)CN(C(=O)CN2CCOc3ccccc3C2)CCCNC(=O)Cn2nc(-c3ccccc3)nc2[C@H](C)NC1=O. The van der Waals surface area contributed by atoms with Crippen molar-refractivity contribution in [1.82, 2.24) is 45.8 Å². The molecule has 3 atom stereocenters. The van der Waals surface area contributed by atoms with Crippen molar-refractivity contribution in [2.24, 2.45) is 5.92 Å². The largest absolute Gasteiger partial charge is 0.492 e. The number of rotatable bonds is 5. The van der Waals surface area contributed by atoms with Crippen LogP contribution in [0.5, 0.6) is 5.75 Å². The van der Waals surface area contributed by atoms with E-state index in [-0.39, 0.29) is 50.5 Å². The molecule has 0 spiro atoms. The number of amides is 5. The second-order valence-corrected chi connectivity index (χ2v) is 13.7. The molecule has 278 valence electrons. The molecule has 15 heteroatoms. The highest BCUT2D eigenvalue weighted by molar-refractivity contribution is 5.93. The third-order valence-electron chi connectivity index (χ3n) is 8.89. The monoisotopic (exact) mass is 715 g/mol. The quantitative estimate of drug-likeness (QED) is 0.304. The van der Waals surface area contributed by atoms with Gasteiger partial charge < -0.3 is 30.9 Å². The molecular weight excluding hydrogens is 666 g/mol. The number of nitrogens with one attached hydrogen (secondary N) is 4. The fourth-order valence-corrected chi connectivity index (χ4v) is 6.19. The molecule has 5 amide bonds. The Balaban J connectivity index is 1.36. The summed E-state index contributed by atoms with van der Waals surface area (Å²) in [6, 6.07) is 14.4. The van der Waals surface area contributed by atoms with Crippen LogP contribution < -0.4 is 26.0 Å². The Kier molecular flexibility index (Phi) is 13.0. The van der Waals surface area contributed by atoms with Crippen molar-refractivity contribution in [1.29, 1.82) is 0 Å². The fraction of sp³-hybridized carbons (Fsp3) is 0.486. The van der Waals surface area contributed by atoms with Crippen LogP contribution in [0, 0.1) is 5.92 Å². The van der Waals surface area contributed by atoms with E-state index in [1.54, 1.807) is 6.92 Å². The van der Waals surface area contributed by atoms with Gasteiger partial charge in [-0.2, -0.15) is 5.10 Å². The summed E-state index contributed by atoms with van der Waals surface area (Å²) in [4.78, 5) is 75.3. The Bertz CT molecular complexity index is 1730. The molecule has 0 bridgehead atoms. The van der Waals surface area contributed by atoms with E-state index in [9.17, 15) is 24.0 Å². The van der Waals surface area contributed by atoms with Gasteiger partial charge in [-0.05, 0) is 38.7 Å². The lowest BCUT2D eigenvalue weighted by molar-refractivity contribution is -0.138. The van der Waals surface area contributed by atoms with E-state index >= 15 is 0 Å². The zero-order valence-electron chi connectivity index (χ0n) is 30.3. The molecule has 0 saturated carbocycles. The molecule has 0 radical (unpaired) electrons. The van der Waals surface area contributed by atoms with Crippen LogP contribution in [0.15, 0.2) is 54.6 Å². The van der Waals surface area contributed by atoms with Crippen LogP contribution in [0.1, 0.15) is 58.0 Å². The number of para-hydroxylation sites is 1. The number of fused-ring (bicyclic) bond motifs is 2. The number of carbonyl (C=O) groups is 5. The normalized spacial score (nSPS) is 21.5. The molecule has 1 aromatic heterocycles. The van der Waals surface area contributed by atoms with Crippen molar-refractivity contribution in [3.63, 3.8) is 0 Å². The Morgan fingerprint density at radius 3 is 2.38 bits per heavy atom. The molecule has 15 nitrogen and oxygen atoms in total. The molecule has 2 aliphatic heterocycles. The van der Waals surface area contributed by atoms with Crippen molar-refractivity contribution >= 4 is 29.5 Å².